The number of sulfonamides is 1. The number of hydrogen-bond donors (Lipinski definition) is 2. The maximum atomic E-state index is 11.1. The highest BCUT2D eigenvalue weighted by Crippen LogP contribution is 2.22. The highest BCUT2D eigenvalue weighted by Gasteiger charge is 2.11. The molecule has 0 unspecified atom stereocenters. The van der Waals surface area contributed by atoms with Crippen LogP contribution < -0.4 is 15.9 Å². The zero-order chi connectivity index (χ0) is 11.6. The van der Waals surface area contributed by atoms with Crippen molar-refractivity contribution in [1.82, 2.24) is 0 Å². The van der Waals surface area contributed by atoms with E-state index in [1.165, 1.54) is 24.3 Å². The number of anilines is 2. The third-order valence-electron chi connectivity index (χ3n) is 1.88. The highest BCUT2D eigenvalue weighted by molar-refractivity contribution is 7.89. The molecule has 0 aliphatic heterocycles. The van der Waals surface area contributed by atoms with E-state index < -0.39 is 10.0 Å². The van der Waals surface area contributed by atoms with E-state index in [1.54, 1.807) is 13.1 Å². The first-order valence-electron chi connectivity index (χ1n) is 4.06. The molecule has 0 atom stereocenters. The van der Waals surface area contributed by atoms with Gasteiger partial charge in [0.2, 0.25) is 10.0 Å². The van der Waals surface area contributed by atoms with Gasteiger partial charge in [-0.25, -0.2) is 13.6 Å². The first-order valence-corrected chi connectivity index (χ1v) is 5.60. The van der Waals surface area contributed by atoms with Crippen LogP contribution in [0.4, 0.5) is 11.4 Å². The summed E-state index contributed by atoms with van der Waals surface area (Å²) in [6, 6.07) is 4.26. The molecule has 4 N–H and O–H groups in total. The van der Waals surface area contributed by atoms with Gasteiger partial charge in [0.15, 0.2) is 0 Å². The first kappa shape index (κ1) is 11.8. The molecule has 0 bridgehead atoms. The van der Waals surface area contributed by atoms with Crippen LogP contribution in [-0.2, 0) is 14.9 Å². The van der Waals surface area contributed by atoms with Crippen molar-refractivity contribution in [3.05, 3.63) is 18.2 Å². The molecular formula is C8H13N3O3S. The second-order valence-corrected chi connectivity index (χ2v) is 4.55. The maximum Gasteiger partial charge on any atom is 0.238 e. The SMILES string of the molecule is CON(C)c1cc(N)cc(S(N)(=O)=O)c1. The number of rotatable bonds is 3. The predicted molar refractivity (Wildman–Crippen MR) is 57.6 cm³/mol. The van der Waals surface area contributed by atoms with E-state index in [0.717, 1.165) is 0 Å². The van der Waals surface area contributed by atoms with Crippen molar-refractivity contribution in [2.75, 3.05) is 25.0 Å². The standard InChI is InChI=1S/C8H13N3O3S/c1-11(14-2)7-3-6(9)4-8(5-7)15(10,12)13/h3-5H,9H2,1-2H3,(H2,10,12,13). The fraction of sp³-hybridized carbons (Fsp3) is 0.250. The van der Waals surface area contributed by atoms with Gasteiger partial charge >= 0.3 is 0 Å². The van der Waals surface area contributed by atoms with Crippen LogP contribution in [0.1, 0.15) is 0 Å². The van der Waals surface area contributed by atoms with Crippen molar-refractivity contribution in [3.63, 3.8) is 0 Å². The molecule has 0 amide bonds. The van der Waals surface area contributed by atoms with Crippen LogP contribution in [0.3, 0.4) is 0 Å². The molecule has 84 valence electrons. The summed E-state index contributed by atoms with van der Waals surface area (Å²) < 4.78 is 22.2. The summed E-state index contributed by atoms with van der Waals surface area (Å²) in [7, 11) is -0.667. The Morgan fingerprint density at radius 2 is 1.93 bits per heavy atom. The minimum atomic E-state index is -3.75. The van der Waals surface area contributed by atoms with Gasteiger partial charge in [-0.2, -0.15) is 0 Å². The Balaban J connectivity index is 3.29. The number of hydrogen-bond acceptors (Lipinski definition) is 5. The largest absolute Gasteiger partial charge is 0.399 e. The second-order valence-electron chi connectivity index (χ2n) is 2.99. The molecule has 0 aromatic heterocycles. The number of nitrogen functional groups attached to an aromatic ring is 1. The summed E-state index contributed by atoms with van der Waals surface area (Å²) in [4.78, 5) is 4.86. The van der Waals surface area contributed by atoms with Crippen molar-refractivity contribution in [2.45, 2.75) is 4.90 Å². The van der Waals surface area contributed by atoms with Crippen LogP contribution in [0, 0.1) is 0 Å². The van der Waals surface area contributed by atoms with Gasteiger partial charge in [-0.15, -0.1) is 0 Å². The fourth-order valence-electron chi connectivity index (χ4n) is 1.06. The normalized spacial score (nSPS) is 11.4. The minimum Gasteiger partial charge on any atom is -0.399 e. The van der Waals surface area contributed by atoms with Crippen LogP contribution in [0.2, 0.25) is 0 Å². The van der Waals surface area contributed by atoms with Gasteiger partial charge in [-0.1, -0.05) is 0 Å². The van der Waals surface area contributed by atoms with Crippen molar-refractivity contribution in [2.24, 2.45) is 5.14 Å². The summed E-state index contributed by atoms with van der Waals surface area (Å²) in [6.45, 7) is 0. The fourth-order valence-corrected chi connectivity index (χ4v) is 1.64. The smallest absolute Gasteiger partial charge is 0.238 e. The van der Waals surface area contributed by atoms with Gasteiger partial charge in [0.25, 0.3) is 0 Å². The number of benzene rings is 1. The summed E-state index contributed by atoms with van der Waals surface area (Å²) in [5, 5.41) is 6.37. The molecule has 0 saturated heterocycles. The molecule has 1 rings (SSSR count). The molecule has 1 aromatic carbocycles. The molecule has 0 fully saturated rings. The van der Waals surface area contributed by atoms with Crippen molar-refractivity contribution in [1.29, 1.82) is 0 Å². The van der Waals surface area contributed by atoms with E-state index in [-0.39, 0.29) is 4.90 Å². The van der Waals surface area contributed by atoms with Gasteiger partial charge in [0, 0.05) is 12.7 Å². The highest BCUT2D eigenvalue weighted by atomic mass is 32.2. The lowest BCUT2D eigenvalue weighted by Gasteiger charge is -2.16. The molecule has 0 aliphatic carbocycles. The molecule has 7 heteroatoms. The molecule has 0 aliphatic rings. The molecule has 0 spiro atoms. The lowest BCUT2D eigenvalue weighted by Crippen LogP contribution is -2.17. The van der Waals surface area contributed by atoms with E-state index in [1.807, 2.05) is 0 Å². The molecule has 0 radical (unpaired) electrons. The van der Waals surface area contributed by atoms with E-state index in [0.29, 0.717) is 11.4 Å². The van der Waals surface area contributed by atoms with Crippen molar-refractivity contribution >= 4 is 21.4 Å². The van der Waals surface area contributed by atoms with Crippen LogP contribution >= 0.6 is 0 Å². The summed E-state index contributed by atoms with van der Waals surface area (Å²) >= 11 is 0. The van der Waals surface area contributed by atoms with Gasteiger partial charge in [0.05, 0.1) is 17.7 Å². The Morgan fingerprint density at radius 3 is 2.40 bits per heavy atom. The number of primary sulfonamides is 1. The van der Waals surface area contributed by atoms with Gasteiger partial charge in [-0.3, -0.25) is 9.90 Å². The van der Waals surface area contributed by atoms with Crippen LogP contribution in [0.25, 0.3) is 0 Å². The number of nitrogens with zero attached hydrogens (tertiary/aromatic N) is 1. The Kier molecular flexibility index (Phi) is 3.18. The first-order chi connectivity index (χ1) is 6.84. The molecule has 15 heavy (non-hydrogen) atoms. The lowest BCUT2D eigenvalue weighted by molar-refractivity contribution is 0.184. The minimum absolute atomic E-state index is 0.0404. The molecule has 6 nitrogen and oxygen atoms in total. The van der Waals surface area contributed by atoms with Gasteiger partial charge in [-0.05, 0) is 18.2 Å². The quantitative estimate of drug-likeness (QED) is 0.559. The summed E-state index contributed by atoms with van der Waals surface area (Å²) in [6.07, 6.45) is 0. The van der Waals surface area contributed by atoms with Crippen molar-refractivity contribution in [3.8, 4) is 0 Å². The Morgan fingerprint density at radius 1 is 1.33 bits per heavy atom. The number of hydroxylamine groups is 1. The molecule has 1 aromatic rings. The Labute approximate surface area is 88.4 Å². The molecule has 0 heterocycles. The van der Waals surface area contributed by atoms with E-state index in [2.05, 4.69) is 0 Å². The summed E-state index contributed by atoms with van der Waals surface area (Å²) in [5.74, 6) is 0. The Hall–Kier alpha value is -1.31. The average molecular weight is 231 g/mol. The Bertz CT molecular complexity index is 458. The van der Waals surface area contributed by atoms with Gasteiger partial charge < -0.3 is 5.73 Å². The van der Waals surface area contributed by atoms with E-state index in [9.17, 15) is 8.42 Å². The topological polar surface area (TPSA) is 98.7 Å². The zero-order valence-corrected chi connectivity index (χ0v) is 9.28. The van der Waals surface area contributed by atoms with Crippen LogP contribution in [0.15, 0.2) is 23.1 Å². The summed E-state index contributed by atoms with van der Waals surface area (Å²) in [5.41, 5.74) is 6.37. The zero-order valence-electron chi connectivity index (χ0n) is 8.47. The second kappa shape index (κ2) is 4.05. The van der Waals surface area contributed by atoms with Crippen molar-refractivity contribution < 1.29 is 13.3 Å². The third kappa shape index (κ3) is 2.82. The van der Waals surface area contributed by atoms with Crippen LogP contribution in [0.5, 0.6) is 0 Å². The number of nitrogens with two attached hydrogens (primary N) is 2. The average Bonchev–Trinajstić information content (AvgIpc) is 2.14. The predicted octanol–water partition coefficient (Wildman–Crippen LogP) is -0.0862. The monoisotopic (exact) mass is 231 g/mol. The van der Waals surface area contributed by atoms with Crippen LogP contribution in [-0.4, -0.2) is 22.6 Å². The molecular weight excluding hydrogens is 218 g/mol. The third-order valence-corrected chi connectivity index (χ3v) is 2.77. The molecule has 0 saturated carbocycles. The lowest BCUT2D eigenvalue weighted by atomic mass is 10.3. The van der Waals surface area contributed by atoms with E-state index >= 15 is 0 Å². The van der Waals surface area contributed by atoms with Gasteiger partial charge in [0.1, 0.15) is 0 Å². The van der Waals surface area contributed by atoms with E-state index in [4.69, 9.17) is 15.7 Å². The maximum absolute atomic E-state index is 11.1.